The van der Waals surface area contributed by atoms with Crippen molar-refractivity contribution in [1.29, 1.82) is 0 Å². The van der Waals surface area contributed by atoms with E-state index in [1.807, 2.05) is 0 Å². The molecule has 104 valence electrons. The Hall–Kier alpha value is -1.26. The molecule has 0 radical (unpaired) electrons. The number of carboxylic acid groups (broad SMARTS) is 1. The molecule has 5 nitrogen and oxygen atoms in total. The highest BCUT2D eigenvalue weighted by Gasteiger charge is 2.27. The van der Waals surface area contributed by atoms with Gasteiger partial charge in [-0.15, -0.1) is 0 Å². The van der Waals surface area contributed by atoms with Crippen LogP contribution in [0, 0.1) is 5.92 Å². The predicted molar refractivity (Wildman–Crippen MR) is 69.4 cm³/mol. The van der Waals surface area contributed by atoms with E-state index >= 15 is 0 Å². The minimum Gasteiger partial charge on any atom is -0.480 e. The zero-order valence-electron chi connectivity index (χ0n) is 11.5. The molecule has 0 bridgehead atoms. The maximum atomic E-state index is 11.9. The molecular weight excluding hydrogens is 232 g/mol. The summed E-state index contributed by atoms with van der Waals surface area (Å²) in [5.41, 5.74) is 0. The second-order valence-electron chi connectivity index (χ2n) is 5.20. The van der Waals surface area contributed by atoms with Crippen molar-refractivity contribution in [3.05, 3.63) is 0 Å². The monoisotopic (exact) mass is 256 g/mol. The largest absolute Gasteiger partial charge is 0.480 e. The summed E-state index contributed by atoms with van der Waals surface area (Å²) in [5.74, 6) is -0.220. The van der Waals surface area contributed by atoms with Gasteiger partial charge in [0.15, 0.2) is 0 Å². The van der Waals surface area contributed by atoms with Gasteiger partial charge in [-0.25, -0.2) is 4.79 Å². The van der Waals surface area contributed by atoms with Crippen molar-refractivity contribution in [3.8, 4) is 0 Å². The fraction of sp³-hybridized carbons (Fsp3) is 0.846. The smallest absolute Gasteiger partial charge is 0.325 e. The van der Waals surface area contributed by atoms with Crippen LogP contribution in [0.3, 0.4) is 0 Å². The molecule has 5 heteroatoms. The van der Waals surface area contributed by atoms with Crippen LogP contribution >= 0.6 is 0 Å². The second-order valence-corrected chi connectivity index (χ2v) is 5.20. The molecule has 2 N–H and O–H groups in total. The van der Waals surface area contributed by atoms with E-state index in [2.05, 4.69) is 12.2 Å². The van der Waals surface area contributed by atoms with E-state index in [4.69, 9.17) is 5.11 Å². The molecule has 0 aliphatic heterocycles. The number of carbonyl (C=O) groups excluding carboxylic acids is 1. The van der Waals surface area contributed by atoms with E-state index in [1.54, 1.807) is 11.9 Å². The van der Waals surface area contributed by atoms with Gasteiger partial charge in [0.2, 0.25) is 0 Å². The molecule has 0 aromatic rings. The van der Waals surface area contributed by atoms with Crippen LogP contribution in [0.25, 0.3) is 0 Å². The van der Waals surface area contributed by atoms with Crippen molar-refractivity contribution in [1.82, 2.24) is 10.2 Å². The van der Waals surface area contributed by atoms with E-state index in [0.29, 0.717) is 0 Å². The Labute approximate surface area is 109 Å². The number of amides is 2. The Morgan fingerprint density at radius 3 is 2.33 bits per heavy atom. The van der Waals surface area contributed by atoms with Crippen molar-refractivity contribution in [2.75, 3.05) is 7.05 Å². The van der Waals surface area contributed by atoms with Crippen LogP contribution in [-0.4, -0.2) is 41.1 Å². The fourth-order valence-electron chi connectivity index (χ4n) is 2.45. The topological polar surface area (TPSA) is 69.6 Å². The molecule has 1 aliphatic rings. The number of aliphatic carboxylic acids is 1. The summed E-state index contributed by atoms with van der Waals surface area (Å²) in [4.78, 5) is 24.2. The summed E-state index contributed by atoms with van der Waals surface area (Å²) in [6.45, 7) is 3.68. The molecule has 1 rings (SSSR count). The average molecular weight is 256 g/mol. The molecule has 1 fully saturated rings. The average Bonchev–Trinajstić information content (AvgIpc) is 2.37. The number of urea groups is 1. The highest BCUT2D eigenvalue weighted by atomic mass is 16.4. The van der Waals surface area contributed by atoms with Gasteiger partial charge in [-0.1, -0.05) is 13.3 Å². The van der Waals surface area contributed by atoms with Crippen molar-refractivity contribution < 1.29 is 14.7 Å². The minimum atomic E-state index is -1.01. The van der Waals surface area contributed by atoms with Crippen molar-refractivity contribution >= 4 is 12.0 Å². The number of hydrogen-bond acceptors (Lipinski definition) is 2. The summed E-state index contributed by atoms with van der Waals surface area (Å²) in [6.07, 6.45) is 5.56. The molecule has 0 aromatic heterocycles. The number of rotatable bonds is 4. The van der Waals surface area contributed by atoms with Gasteiger partial charge >= 0.3 is 12.0 Å². The summed E-state index contributed by atoms with van der Waals surface area (Å²) < 4.78 is 0. The highest BCUT2D eigenvalue weighted by molar-refractivity contribution is 5.82. The molecule has 0 aromatic carbocycles. The predicted octanol–water partition coefficient (Wildman–Crippen LogP) is 2.07. The zero-order valence-corrected chi connectivity index (χ0v) is 11.5. The third kappa shape index (κ3) is 3.89. The van der Waals surface area contributed by atoms with E-state index in [-0.39, 0.29) is 12.1 Å². The third-order valence-electron chi connectivity index (χ3n) is 3.97. The Morgan fingerprint density at radius 2 is 1.89 bits per heavy atom. The summed E-state index contributed by atoms with van der Waals surface area (Å²) in [7, 11) is 1.75. The number of carboxylic acids is 1. The van der Waals surface area contributed by atoms with Crippen molar-refractivity contribution in [2.45, 2.75) is 58.0 Å². The first kappa shape index (κ1) is 14.8. The molecule has 1 aliphatic carbocycles. The van der Waals surface area contributed by atoms with Crippen LogP contribution in [0.15, 0.2) is 0 Å². The molecule has 2 amide bonds. The molecule has 1 atom stereocenters. The molecule has 0 unspecified atom stereocenters. The Morgan fingerprint density at radius 1 is 1.33 bits per heavy atom. The van der Waals surface area contributed by atoms with Crippen LogP contribution in [0.2, 0.25) is 0 Å². The fourth-order valence-corrected chi connectivity index (χ4v) is 2.45. The summed E-state index contributed by atoms with van der Waals surface area (Å²) >= 11 is 0. The normalized spacial score (nSPS) is 25.3. The second kappa shape index (κ2) is 6.61. The molecule has 18 heavy (non-hydrogen) atoms. The van der Waals surface area contributed by atoms with E-state index in [1.165, 1.54) is 13.3 Å². The zero-order chi connectivity index (χ0) is 13.7. The minimum absolute atomic E-state index is 0.244. The maximum Gasteiger partial charge on any atom is 0.325 e. The van der Waals surface area contributed by atoms with Crippen LogP contribution in [0.5, 0.6) is 0 Å². The SMILES string of the molecule is CCC1CCC(N(C)C(=O)N[C@H](C)C(=O)O)CC1. The number of nitrogens with one attached hydrogen (secondary N) is 1. The van der Waals surface area contributed by atoms with Crippen LogP contribution in [0.4, 0.5) is 4.79 Å². The van der Waals surface area contributed by atoms with Gasteiger partial charge in [0.25, 0.3) is 0 Å². The lowest BCUT2D eigenvalue weighted by molar-refractivity contribution is -0.138. The van der Waals surface area contributed by atoms with Gasteiger partial charge < -0.3 is 15.3 Å². The van der Waals surface area contributed by atoms with E-state index in [0.717, 1.165) is 31.6 Å². The van der Waals surface area contributed by atoms with Gasteiger partial charge in [0.1, 0.15) is 6.04 Å². The molecule has 0 spiro atoms. The quantitative estimate of drug-likeness (QED) is 0.809. The third-order valence-corrected chi connectivity index (χ3v) is 3.97. The van der Waals surface area contributed by atoms with Gasteiger partial charge in [-0.2, -0.15) is 0 Å². The van der Waals surface area contributed by atoms with Gasteiger partial charge in [0, 0.05) is 13.1 Å². The highest BCUT2D eigenvalue weighted by Crippen LogP contribution is 2.28. The first-order chi connectivity index (χ1) is 8.45. The summed E-state index contributed by atoms with van der Waals surface area (Å²) in [5, 5.41) is 11.2. The van der Waals surface area contributed by atoms with Crippen molar-refractivity contribution in [3.63, 3.8) is 0 Å². The molecular formula is C13H24N2O3. The molecule has 0 saturated heterocycles. The number of carbonyl (C=O) groups is 2. The lowest BCUT2D eigenvalue weighted by Crippen LogP contribution is -2.49. The van der Waals surface area contributed by atoms with Gasteiger partial charge in [-0.05, 0) is 38.5 Å². The van der Waals surface area contributed by atoms with Gasteiger partial charge in [0.05, 0.1) is 0 Å². The Kier molecular flexibility index (Phi) is 5.44. The lowest BCUT2D eigenvalue weighted by atomic mass is 9.84. The Balaban J connectivity index is 2.42. The first-order valence-electron chi connectivity index (χ1n) is 6.71. The maximum absolute atomic E-state index is 11.9. The van der Waals surface area contributed by atoms with E-state index < -0.39 is 12.0 Å². The Bertz CT molecular complexity index is 299. The van der Waals surface area contributed by atoms with Crippen LogP contribution in [0.1, 0.15) is 46.0 Å². The standard InChI is InChI=1S/C13H24N2O3/c1-4-10-5-7-11(8-6-10)15(3)13(18)14-9(2)12(16)17/h9-11H,4-8H2,1-3H3,(H,14,18)(H,16,17)/t9-,10?,11?/m1/s1. The van der Waals surface area contributed by atoms with Crippen LogP contribution in [-0.2, 0) is 4.79 Å². The number of hydrogen-bond donors (Lipinski definition) is 2. The molecule has 0 heterocycles. The molecule has 1 saturated carbocycles. The van der Waals surface area contributed by atoms with Crippen LogP contribution < -0.4 is 5.32 Å². The van der Waals surface area contributed by atoms with Crippen molar-refractivity contribution in [2.24, 2.45) is 5.92 Å². The van der Waals surface area contributed by atoms with Gasteiger partial charge in [-0.3, -0.25) is 4.79 Å². The first-order valence-corrected chi connectivity index (χ1v) is 6.71. The lowest BCUT2D eigenvalue weighted by Gasteiger charge is -2.34. The summed E-state index contributed by atoms with van der Waals surface area (Å²) in [6, 6.07) is -0.884. The number of nitrogens with zero attached hydrogens (tertiary/aromatic N) is 1. The van der Waals surface area contributed by atoms with E-state index in [9.17, 15) is 9.59 Å².